The molecule has 3 aliphatic heterocycles. The van der Waals surface area contributed by atoms with Crippen molar-refractivity contribution in [2.45, 2.75) is 50.3 Å². The molecule has 3 heterocycles. The first-order chi connectivity index (χ1) is 10.7. The van der Waals surface area contributed by atoms with Crippen molar-refractivity contribution in [3.8, 4) is 0 Å². The van der Waals surface area contributed by atoms with Crippen molar-refractivity contribution in [3.05, 3.63) is 0 Å². The lowest BCUT2D eigenvalue weighted by atomic mass is 9.93. The van der Waals surface area contributed by atoms with E-state index >= 15 is 0 Å². The average molecular weight is 312 g/mol. The number of rotatable bonds is 3. The third-order valence-corrected chi connectivity index (χ3v) is 5.26. The number of aliphatic hydroxyl groups excluding tert-OH is 1. The highest BCUT2D eigenvalue weighted by Crippen LogP contribution is 2.23. The molecule has 126 valence electrons. The highest BCUT2D eigenvalue weighted by Gasteiger charge is 2.32. The molecule has 22 heavy (non-hydrogen) atoms. The summed E-state index contributed by atoms with van der Waals surface area (Å²) < 4.78 is 10.8. The van der Waals surface area contributed by atoms with Gasteiger partial charge in [-0.3, -0.25) is 4.79 Å². The standard InChI is InChI=1S/C16H28N2O4/c19-15-5-10-22-11-14(15)17-16(20)12-1-6-18(7-2-12)13-3-8-21-9-4-13/h12-15,19H,1-11H2,(H,17,20)/t14-,15-/m1/s1. The number of hydrogen-bond donors (Lipinski definition) is 2. The molecule has 2 atom stereocenters. The van der Waals surface area contributed by atoms with Gasteiger partial charge in [-0.1, -0.05) is 0 Å². The maximum atomic E-state index is 12.4. The Kier molecular flexibility index (Phi) is 5.68. The number of likely N-dealkylation sites (tertiary alicyclic amines) is 1. The van der Waals surface area contributed by atoms with E-state index in [9.17, 15) is 9.90 Å². The van der Waals surface area contributed by atoms with E-state index < -0.39 is 6.10 Å². The monoisotopic (exact) mass is 312 g/mol. The molecular formula is C16H28N2O4. The topological polar surface area (TPSA) is 71.0 Å². The largest absolute Gasteiger partial charge is 0.391 e. The van der Waals surface area contributed by atoms with Crippen molar-refractivity contribution in [1.82, 2.24) is 10.2 Å². The first kappa shape index (κ1) is 16.2. The Morgan fingerprint density at radius 3 is 2.36 bits per heavy atom. The summed E-state index contributed by atoms with van der Waals surface area (Å²) in [5.74, 6) is 0.159. The molecule has 0 aliphatic carbocycles. The molecule has 1 amide bonds. The molecule has 3 aliphatic rings. The summed E-state index contributed by atoms with van der Waals surface area (Å²) in [6.07, 6.45) is 4.18. The third-order valence-electron chi connectivity index (χ3n) is 5.26. The lowest BCUT2D eigenvalue weighted by molar-refractivity contribution is -0.130. The Bertz CT molecular complexity index is 365. The molecule has 6 nitrogen and oxygen atoms in total. The summed E-state index contributed by atoms with van der Waals surface area (Å²) in [6, 6.07) is 0.390. The van der Waals surface area contributed by atoms with Crippen molar-refractivity contribution >= 4 is 5.91 Å². The van der Waals surface area contributed by atoms with Crippen molar-refractivity contribution in [2.75, 3.05) is 39.5 Å². The van der Waals surface area contributed by atoms with Crippen LogP contribution in [0.2, 0.25) is 0 Å². The Balaban J connectivity index is 1.43. The zero-order chi connectivity index (χ0) is 15.4. The van der Waals surface area contributed by atoms with E-state index in [0.717, 1.165) is 52.0 Å². The molecule has 0 aromatic carbocycles. The smallest absolute Gasteiger partial charge is 0.223 e. The summed E-state index contributed by atoms with van der Waals surface area (Å²) in [5, 5.41) is 12.9. The van der Waals surface area contributed by atoms with Crippen LogP contribution < -0.4 is 5.32 Å². The Labute approximate surface area is 132 Å². The van der Waals surface area contributed by atoms with Crippen molar-refractivity contribution < 1.29 is 19.4 Å². The number of hydrogen-bond acceptors (Lipinski definition) is 5. The summed E-state index contributed by atoms with van der Waals surface area (Å²) in [5.41, 5.74) is 0. The molecule has 0 saturated carbocycles. The van der Waals surface area contributed by atoms with Crippen LogP contribution in [0.4, 0.5) is 0 Å². The van der Waals surface area contributed by atoms with E-state index in [-0.39, 0.29) is 17.9 Å². The van der Waals surface area contributed by atoms with E-state index in [1.807, 2.05) is 0 Å². The summed E-state index contributed by atoms with van der Waals surface area (Å²) in [4.78, 5) is 14.9. The van der Waals surface area contributed by atoms with Gasteiger partial charge in [0, 0.05) is 31.8 Å². The molecule has 0 spiro atoms. The Morgan fingerprint density at radius 2 is 1.68 bits per heavy atom. The number of piperidine rings is 1. The maximum absolute atomic E-state index is 12.4. The van der Waals surface area contributed by atoms with E-state index in [2.05, 4.69) is 10.2 Å². The minimum Gasteiger partial charge on any atom is -0.391 e. The molecule has 0 aromatic rings. The number of ether oxygens (including phenoxy) is 2. The minimum atomic E-state index is -0.472. The van der Waals surface area contributed by atoms with Crippen LogP contribution >= 0.6 is 0 Å². The number of amides is 1. The van der Waals surface area contributed by atoms with E-state index in [0.29, 0.717) is 25.7 Å². The van der Waals surface area contributed by atoms with Gasteiger partial charge < -0.3 is 24.8 Å². The van der Waals surface area contributed by atoms with Crippen molar-refractivity contribution in [1.29, 1.82) is 0 Å². The number of carbonyl (C=O) groups excluding carboxylic acids is 1. The lowest BCUT2D eigenvalue weighted by Gasteiger charge is -2.39. The van der Waals surface area contributed by atoms with Crippen LogP contribution in [0.5, 0.6) is 0 Å². The highest BCUT2D eigenvalue weighted by atomic mass is 16.5. The van der Waals surface area contributed by atoms with Gasteiger partial charge in [0.15, 0.2) is 0 Å². The second-order valence-electron chi connectivity index (χ2n) is 6.70. The second kappa shape index (κ2) is 7.73. The predicted molar refractivity (Wildman–Crippen MR) is 81.5 cm³/mol. The second-order valence-corrected chi connectivity index (χ2v) is 6.70. The van der Waals surface area contributed by atoms with E-state index in [1.54, 1.807) is 0 Å². The molecule has 3 fully saturated rings. The fraction of sp³-hybridized carbons (Fsp3) is 0.938. The highest BCUT2D eigenvalue weighted by molar-refractivity contribution is 5.79. The first-order valence-corrected chi connectivity index (χ1v) is 8.62. The van der Waals surface area contributed by atoms with Crippen LogP contribution in [0, 0.1) is 5.92 Å². The predicted octanol–water partition coefficient (Wildman–Crippen LogP) is 0.143. The molecule has 0 radical (unpaired) electrons. The fourth-order valence-electron chi connectivity index (χ4n) is 3.74. The van der Waals surface area contributed by atoms with Gasteiger partial charge in [-0.25, -0.2) is 0 Å². The lowest BCUT2D eigenvalue weighted by Crippen LogP contribution is -2.53. The SMILES string of the molecule is O=C(N[C@@H]1COCC[C@H]1O)C1CCN(C2CCOCC2)CC1. The van der Waals surface area contributed by atoms with Gasteiger partial charge in [-0.2, -0.15) is 0 Å². The molecule has 3 saturated heterocycles. The van der Waals surface area contributed by atoms with Gasteiger partial charge in [-0.15, -0.1) is 0 Å². The number of carbonyl (C=O) groups is 1. The third kappa shape index (κ3) is 3.98. The first-order valence-electron chi connectivity index (χ1n) is 8.62. The maximum Gasteiger partial charge on any atom is 0.223 e. The van der Waals surface area contributed by atoms with Crippen LogP contribution in [-0.4, -0.2) is 73.6 Å². The number of aliphatic hydroxyl groups is 1. The molecule has 2 N–H and O–H groups in total. The van der Waals surface area contributed by atoms with Crippen LogP contribution in [-0.2, 0) is 14.3 Å². The van der Waals surface area contributed by atoms with Gasteiger partial charge in [0.2, 0.25) is 5.91 Å². The van der Waals surface area contributed by atoms with Crippen LogP contribution in [0.3, 0.4) is 0 Å². The van der Waals surface area contributed by atoms with Crippen LogP contribution in [0.25, 0.3) is 0 Å². The Hall–Kier alpha value is -0.690. The normalized spacial score (nSPS) is 32.8. The quantitative estimate of drug-likeness (QED) is 0.776. The van der Waals surface area contributed by atoms with Gasteiger partial charge in [-0.05, 0) is 45.2 Å². The summed E-state index contributed by atoms with van der Waals surface area (Å²) in [6.45, 7) is 4.72. The molecule has 0 bridgehead atoms. The van der Waals surface area contributed by atoms with Crippen LogP contribution in [0.1, 0.15) is 32.1 Å². The summed E-state index contributed by atoms with van der Waals surface area (Å²) in [7, 11) is 0. The zero-order valence-electron chi connectivity index (χ0n) is 13.2. The van der Waals surface area contributed by atoms with Crippen molar-refractivity contribution in [3.63, 3.8) is 0 Å². The molecule has 6 heteroatoms. The zero-order valence-corrected chi connectivity index (χ0v) is 13.2. The number of nitrogens with one attached hydrogen (secondary N) is 1. The molecule has 0 aromatic heterocycles. The van der Waals surface area contributed by atoms with Gasteiger partial charge >= 0.3 is 0 Å². The van der Waals surface area contributed by atoms with Gasteiger partial charge in [0.1, 0.15) is 0 Å². The van der Waals surface area contributed by atoms with Gasteiger partial charge in [0.05, 0.1) is 18.8 Å². The van der Waals surface area contributed by atoms with Crippen molar-refractivity contribution in [2.24, 2.45) is 5.92 Å². The number of nitrogens with zero attached hydrogens (tertiary/aromatic N) is 1. The average Bonchev–Trinajstić information content (AvgIpc) is 2.58. The fourth-order valence-corrected chi connectivity index (χ4v) is 3.74. The minimum absolute atomic E-state index is 0.0743. The molecule has 0 unspecified atom stereocenters. The van der Waals surface area contributed by atoms with Gasteiger partial charge in [0.25, 0.3) is 0 Å². The molecular weight excluding hydrogens is 284 g/mol. The summed E-state index contributed by atoms with van der Waals surface area (Å²) >= 11 is 0. The van der Waals surface area contributed by atoms with Crippen LogP contribution in [0.15, 0.2) is 0 Å². The van der Waals surface area contributed by atoms with E-state index in [4.69, 9.17) is 9.47 Å². The Morgan fingerprint density at radius 1 is 1.00 bits per heavy atom. The van der Waals surface area contributed by atoms with E-state index in [1.165, 1.54) is 0 Å². The molecule has 3 rings (SSSR count).